The molecule has 1 saturated heterocycles. The minimum atomic E-state index is 0.161. The molecule has 0 amide bonds. The van der Waals surface area contributed by atoms with E-state index in [9.17, 15) is 5.11 Å². The summed E-state index contributed by atoms with van der Waals surface area (Å²) >= 11 is 6.05. The van der Waals surface area contributed by atoms with Crippen LogP contribution < -0.4 is 5.32 Å². The number of phenols is 1. The quantitative estimate of drug-likeness (QED) is 0.891. The average molecular weight is 283 g/mol. The zero-order valence-corrected chi connectivity index (χ0v) is 12.5. The standard InChI is InChI=1S/C15H23ClN2O/c1-11(2)9-14(18-7-5-17-6-8-18)12-3-4-15(19)13(16)10-12/h3-4,10-11,14,17,19H,5-9H2,1-2H3/t14-/m1/s1. The molecule has 2 N–H and O–H groups in total. The molecule has 0 radical (unpaired) electrons. The number of nitrogens with zero attached hydrogens (tertiary/aromatic N) is 1. The van der Waals surface area contributed by atoms with Gasteiger partial charge in [0.25, 0.3) is 0 Å². The molecule has 1 aromatic carbocycles. The first-order chi connectivity index (χ1) is 9.08. The molecule has 1 heterocycles. The van der Waals surface area contributed by atoms with Gasteiger partial charge in [0, 0.05) is 32.2 Å². The van der Waals surface area contributed by atoms with E-state index >= 15 is 0 Å². The number of halogens is 1. The molecule has 4 heteroatoms. The third-order valence-corrected chi connectivity index (χ3v) is 3.95. The molecule has 0 aliphatic carbocycles. The van der Waals surface area contributed by atoms with Gasteiger partial charge in [-0.1, -0.05) is 31.5 Å². The summed E-state index contributed by atoms with van der Waals surface area (Å²) in [5.41, 5.74) is 1.21. The van der Waals surface area contributed by atoms with E-state index in [0.29, 0.717) is 17.0 Å². The van der Waals surface area contributed by atoms with Crippen molar-refractivity contribution in [3.63, 3.8) is 0 Å². The van der Waals surface area contributed by atoms with E-state index in [2.05, 4.69) is 24.1 Å². The van der Waals surface area contributed by atoms with Crippen LogP contribution >= 0.6 is 11.6 Å². The summed E-state index contributed by atoms with van der Waals surface area (Å²) < 4.78 is 0. The number of hydrogen-bond donors (Lipinski definition) is 2. The number of benzene rings is 1. The fourth-order valence-corrected chi connectivity index (χ4v) is 2.86. The van der Waals surface area contributed by atoms with Crippen LogP contribution in [-0.2, 0) is 0 Å². The van der Waals surface area contributed by atoms with Gasteiger partial charge in [-0.2, -0.15) is 0 Å². The number of aromatic hydroxyl groups is 1. The molecule has 2 rings (SSSR count). The van der Waals surface area contributed by atoms with Crippen LogP contribution in [-0.4, -0.2) is 36.2 Å². The van der Waals surface area contributed by atoms with Crippen LogP contribution in [0.1, 0.15) is 31.9 Å². The minimum absolute atomic E-state index is 0.161. The van der Waals surface area contributed by atoms with Gasteiger partial charge in [0.05, 0.1) is 5.02 Å². The highest BCUT2D eigenvalue weighted by Gasteiger charge is 2.23. The Morgan fingerprint density at radius 3 is 2.58 bits per heavy atom. The largest absolute Gasteiger partial charge is 0.506 e. The van der Waals surface area contributed by atoms with E-state index < -0.39 is 0 Å². The molecule has 1 aliphatic rings. The Hall–Kier alpha value is -0.770. The monoisotopic (exact) mass is 282 g/mol. The number of phenolic OH excluding ortho intramolecular Hbond substituents is 1. The van der Waals surface area contributed by atoms with E-state index in [4.69, 9.17) is 11.6 Å². The Balaban J connectivity index is 2.22. The van der Waals surface area contributed by atoms with Gasteiger partial charge in [0.15, 0.2) is 0 Å². The summed E-state index contributed by atoms with van der Waals surface area (Å²) in [6.45, 7) is 8.71. The Bertz CT molecular complexity index is 417. The van der Waals surface area contributed by atoms with Crippen molar-refractivity contribution < 1.29 is 5.11 Å². The molecule has 1 aromatic rings. The first-order valence-electron chi connectivity index (χ1n) is 7.01. The maximum atomic E-state index is 9.56. The lowest BCUT2D eigenvalue weighted by Gasteiger charge is -2.36. The number of rotatable bonds is 4. The maximum Gasteiger partial charge on any atom is 0.134 e. The summed E-state index contributed by atoms with van der Waals surface area (Å²) in [7, 11) is 0. The topological polar surface area (TPSA) is 35.5 Å². The van der Waals surface area contributed by atoms with Gasteiger partial charge in [-0.05, 0) is 30.0 Å². The lowest BCUT2D eigenvalue weighted by atomic mass is 9.95. The van der Waals surface area contributed by atoms with Crippen molar-refractivity contribution in [1.82, 2.24) is 10.2 Å². The summed E-state index contributed by atoms with van der Waals surface area (Å²) in [5.74, 6) is 0.793. The van der Waals surface area contributed by atoms with Crippen LogP contribution in [0.4, 0.5) is 0 Å². The smallest absolute Gasteiger partial charge is 0.134 e. The fraction of sp³-hybridized carbons (Fsp3) is 0.600. The van der Waals surface area contributed by atoms with Crippen molar-refractivity contribution in [2.45, 2.75) is 26.3 Å². The Morgan fingerprint density at radius 1 is 1.32 bits per heavy atom. The van der Waals surface area contributed by atoms with Crippen LogP contribution in [0.2, 0.25) is 5.02 Å². The van der Waals surface area contributed by atoms with Crippen LogP contribution in [0.3, 0.4) is 0 Å². The lowest BCUT2D eigenvalue weighted by Crippen LogP contribution is -2.45. The number of piperazine rings is 1. The van der Waals surface area contributed by atoms with Crippen molar-refractivity contribution in [1.29, 1.82) is 0 Å². The molecule has 0 aromatic heterocycles. The Labute approximate surface area is 120 Å². The Morgan fingerprint density at radius 2 is 2.00 bits per heavy atom. The highest BCUT2D eigenvalue weighted by molar-refractivity contribution is 6.32. The minimum Gasteiger partial charge on any atom is -0.506 e. The third-order valence-electron chi connectivity index (χ3n) is 3.64. The van der Waals surface area contributed by atoms with Gasteiger partial charge in [-0.25, -0.2) is 0 Å². The first kappa shape index (κ1) is 14.6. The molecule has 3 nitrogen and oxygen atoms in total. The first-order valence-corrected chi connectivity index (χ1v) is 7.39. The zero-order chi connectivity index (χ0) is 13.8. The molecule has 106 valence electrons. The highest BCUT2D eigenvalue weighted by atomic mass is 35.5. The van der Waals surface area contributed by atoms with Gasteiger partial charge >= 0.3 is 0 Å². The van der Waals surface area contributed by atoms with Crippen molar-refractivity contribution in [2.24, 2.45) is 5.92 Å². The van der Waals surface area contributed by atoms with Crippen LogP contribution in [0.15, 0.2) is 18.2 Å². The van der Waals surface area contributed by atoms with Crippen molar-refractivity contribution in [3.05, 3.63) is 28.8 Å². The zero-order valence-electron chi connectivity index (χ0n) is 11.7. The van der Waals surface area contributed by atoms with Gasteiger partial charge < -0.3 is 10.4 Å². The lowest BCUT2D eigenvalue weighted by molar-refractivity contribution is 0.154. The van der Waals surface area contributed by atoms with Crippen molar-refractivity contribution in [3.8, 4) is 5.75 Å². The van der Waals surface area contributed by atoms with Gasteiger partial charge in [-0.15, -0.1) is 0 Å². The molecular weight excluding hydrogens is 260 g/mol. The Kier molecular flexibility index (Phi) is 5.08. The predicted molar refractivity (Wildman–Crippen MR) is 79.8 cm³/mol. The van der Waals surface area contributed by atoms with E-state index in [0.717, 1.165) is 32.6 Å². The van der Waals surface area contributed by atoms with E-state index in [1.54, 1.807) is 6.07 Å². The molecule has 0 unspecified atom stereocenters. The molecule has 0 spiro atoms. The summed E-state index contributed by atoms with van der Waals surface area (Å²) in [6, 6.07) is 6.00. The van der Waals surface area contributed by atoms with Crippen LogP contribution in [0.25, 0.3) is 0 Å². The molecule has 1 atom stereocenters. The van der Waals surface area contributed by atoms with E-state index in [1.807, 2.05) is 12.1 Å². The van der Waals surface area contributed by atoms with E-state index in [1.165, 1.54) is 5.56 Å². The number of nitrogens with one attached hydrogen (secondary N) is 1. The second kappa shape index (κ2) is 6.60. The molecule has 1 fully saturated rings. The summed E-state index contributed by atoms with van der Waals surface area (Å²) in [6.07, 6.45) is 1.11. The van der Waals surface area contributed by atoms with E-state index in [-0.39, 0.29) is 5.75 Å². The molecule has 1 aliphatic heterocycles. The van der Waals surface area contributed by atoms with Crippen LogP contribution in [0.5, 0.6) is 5.75 Å². The third kappa shape index (κ3) is 3.85. The highest BCUT2D eigenvalue weighted by Crippen LogP contribution is 2.32. The summed E-state index contributed by atoms with van der Waals surface area (Å²) in [4.78, 5) is 2.51. The van der Waals surface area contributed by atoms with Gasteiger partial charge in [-0.3, -0.25) is 4.90 Å². The fourth-order valence-electron chi connectivity index (χ4n) is 2.67. The van der Waals surface area contributed by atoms with Gasteiger partial charge in [0.2, 0.25) is 0 Å². The predicted octanol–water partition coefficient (Wildman–Crippen LogP) is 3.04. The molecule has 0 saturated carbocycles. The van der Waals surface area contributed by atoms with Crippen LogP contribution in [0, 0.1) is 5.92 Å². The van der Waals surface area contributed by atoms with Crippen molar-refractivity contribution >= 4 is 11.6 Å². The molecule has 19 heavy (non-hydrogen) atoms. The average Bonchev–Trinajstić information content (AvgIpc) is 2.40. The second-order valence-corrected chi connectivity index (χ2v) is 6.05. The molecular formula is C15H23ClN2O. The van der Waals surface area contributed by atoms with Gasteiger partial charge in [0.1, 0.15) is 5.75 Å². The summed E-state index contributed by atoms with van der Waals surface area (Å²) in [5, 5.41) is 13.4. The normalized spacial score (nSPS) is 18.7. The maximum absolute atomic E-state index is 9.56. The van der Waals surface area contributed by atoms with Crippen molar-refractivity contribution in [2.75, 3.05) is 26.2 Å². The number of hydrogen-bond acceptors (Lipinski definition) is 3. The SMILES string of the molecule is CC(C)C[C@H](c1ccc(O)c(Cl)c1)N1CCNCC1. The second-order valence-electron chi connectivity index (χ2n) is 5.64. The molecule has 0 bridgehead atoms.